The van der Waals surface area contributed by atoms with Crippen LogP contribution in [0.3, 0.4) is 0 Å². The molecular weight excluding hydrogens is 258 g/mol. The number of pyridine rings is 1. The number of rotatable bonds is 3. The molecule has 1 saturated carbocycles. The molecule has 0 aliphatic heterocycles. The van der Waals surface area contributed by atoms with Crippen LogP contribution in [0.5, 0.6) is 5.75 Å². The molecule has 5 nitrogen and oxygen atoms in total. The van der Waals surface area contributed by atoms with Gasteiger partial charge < -0.3 is 14.4 Å². The molecule has 104 valence electrons. The third-order valence-corrected chi connectivity index (χ3v) is 3.79. The van der Waals surface area contributed by atoms with Crippen LogP contribution in [0, 0.1) is 6.92 Å². The molecule has 2 aromatic rings. The zero-order valence-corrected chi connectivity index (χ0v) is 11.3. The Hall–Kier alpha value is -2.30. The number of hydrogen-bond acceptors (Lipinski definition) is 3. The second-order valence-corrected chi connectivity index (χ2v) is 5.08. The number of ether oxygens (including phenoxy) is 1. The Morgan fingerprint density at radius 3 is 2.65 bits per heavy atom. The van der Waals surface area contributed by atoms with Crippen LogP contribution in [0.4, 0.5) is 0 Å². The summed E-state index contributed by atoms with van der Waals surface area (Å²) in [7, 11) is 1.57. The molecule has 1 aromatic heterocycles. The van der Waals surface area contributed by atoms with Crippen LogP contribution in [0.25, 0.3) is 10.9 Å². The van der Waals surface area contributed by atoms with Crippen molar-refractivity contribution in [3.63, 3.8) is 0 Å². The summed E-state index contributed by atoms with van der Waals surface area (Å²) >= 11 is 0. The maximum absolute atomic E-state index is 12.4. The Morgan fingerprint density at radius 2 is 2.10 bits per heavy atom. The Labute approximate surface area is 115 Å². The van der Waals surface area contributed by atoms with E-state index in [1.54, 1.807) is 32.2 Å². The first-order valence-corrected chi connectivity index (χ1v) is 6.50. The van der Waals surface area contributed by atoms with E-state index >= 15 is 0 Å². The number of hydrogen-bond donors (Lipinski definition) is 1. The first-order valence-electron chi connectivity index (χ1n) is 6.50. The lowest BCUT2D eigenvalue weighted by molar-refractivity contribution is 0.0694. The van der Waals surface area contributed by atoms with E-state index in [1.165, 1.54) is 0 Å². The van der Waals surface area contributed by atoms with Gasteiger partial charge in [-0.25, -0.2) is 4.79 Å². The summed E-state index contributed by atoms with van der Waals surface area (Å²) in [6.07, 6.45) is 2.02. The van der Waals surface area contributed by atoms with Crippen LogP contribution < -0.4 is 10.2 Å². The number of carbonyl (C=O) groups is 1. The van der Waals surface area contributed by atoms with E-state index in [0.29, 0.717) is 16.8 Å². The van der Waals surface area contributed by atoms with Gasteiger partial charge in [0.25, 0.3) is 0 Å². The van der Waals surface area contributed by atoms with Crippen molar-refractivity contribution in [2.45, 2.75) is 25.8 Å². The molecule has 3 rings (SSSR count). The van der Waals surface area contributed by atoms with Crippen LogP contribution in [-0.2, 0) is 0 Å². The summed E-state index contributed by atoms with van der Waals surface area (Å²) in [6.45, 7) is 1.70. The van der Waals surface area contributed by atoms with Gasteiger partial charge in [-0.15, -0.1) is 0 Å². The number of nitrogens with zero attached hydrogens (tertiary/aromatic N) is 1. The minimum absolute atomic E-state index is 0.130. The summed E-state index contributed by atoms with van der Waals surface area (Å²) in [5, 5.41) is 9.73. The van der Waals surface area contributed by atoms with Crippen LogP contribution in [-0.4, -0.2) is 22.8 Å². The number of benzene rings is 1. The van der Waals surface area contributed by atoms with E-state index in [9.17, 15) is 14.7 Å². The molecule has 0 unspecified atom stereocenters. The van der Waals surface area contributed by atoms with E-state index in [2.05, 4.69) is 0 Å². The fourth-order valence-electron chi connectivity index (χ4n) is 2.69. The average molecular weight is 273 g/mol. The van der Waals surface area contributed by atoms with Gasteiger partial charge in [-0.3, -0.25) is 4.79 Å². The van der Waals surface area contributed by atoms with Crippen molar-refractivity contribution < 1.29 is 14.6 Å². The number of carboxylic acids is 1. The van der Waals surface area contributed by atoms with Crippen LogP contribution in [0.2, 0.25) is 0 Å². The average Bonchev–Trinajstić information content (AvgIpc) is 3.22. The van der Waals surface area contributed by atoms with Crippen molar-refractivity contribution in [1.82, 2.24) is 4.57 Å². The van der Waals surface area contributed by atoms with Crippen molar-refractivity contribution in [3.05, 3.63) is 39.7 Å². The van der Waals surface area contributed by atoms with Gasteiger partial charge in [0.2, 0.25) is 5.43 Å². The van der Waals surface area contributed by atoms with E-state index in [4.69, 9.17) is 4.74 Å². The van der Waals surface area contributed by atoms with E-state index in [0.717, 1.165) is 18.4 Å². The third-order valence-electron chi connectivity index (χ3n) is 3.79. The Morgan fingerprint density at radius 1 is 1.40 bits per heavy atom. The molecular formula is C15H15NO4. The number of carboxylic acid groups (broad SMARTS) is 1. The molecule has 0 atom stereocenters. The fraction of sp³-hybridized carbons (Fsp3) is 0.333. The third kappa shape index (κ3) is 1.78. The summed E-state index contributed by atoms with van der Waals surface area (Å²) in [5.74, 6) is -0.506. The summed E-state index contributed by atoms with van der Waals surface area (Å²) in [4.78, 5) is 23.7. The van der Waals surface area contributed by atoms with Crippen molar-refractivity contribution in [3.8, 4) is 5.75 Å². The molecule has 1 N–H and O–H groups in total. The minimum Gasteiger partial charge on any atom is -0.497 e. The number of aromatic nitrogens is 1. The van der Waals surface area contributed by atoms with Crippen molar-refractivity contribution in [2.24, 2.45) is 0 Å². The number of fused-ring (bicyclic) bond motifs is 1. The highest BCUT2D eigenvalue weighted by Crippen LogP contribution is 2.39. The molecule has 0 bridgehead atoms. The van der Waals surface area contributed by atoms with Gasteiger partial charge in [0, 0.05) is 23.2 Å². The number of aromatic carboxylic acids is 1. The molecule has 0 spiro atoms. The molecule has 0 radical (unpaired) electrons. The second-order valence-electron chi connectivity index (χ2n) is 5.08. The molecule has 0 saturated heterocycles. The van der Waals surface area contributed by atoms with Gasteiger partial charge >= 0.3 is 5.97 Å². The lowest BCUT2D eigenvalue weighted by Gasteiger charge is -2.16. The van der Waals surface area contributed by atoms with Crippen molar-refractivity contribution >= 4 is 16.9 Å². The summed E-state index contributed by atoms with van der Waals surface area (Å²) in [5.41, 5.74) is 0.712. The van der Waals surface area contributed by atoms with E-state index in [1.807, 2.05) is 4.57 Å². The predicted molar refractivity (Wildman–Crippen MR) is 74.7 cm³/mol. The van der Waals surface area contributed by atoms with Gasteiger partial charge in [0.1, 0.15) is 11.3 Å². The van der Waals surface area contributed by atoms with Gasteiger partial charge in [-0.1, -0.05) is 0 Å². The molecule has 20 heavy (non-hydrogen) atoms. The molecule has 1 aliphatic rings. The van der Waals surface area contributed by atoms with Crippen LogP contribution in [0.1, 0.15) is 34.9 Å². The quantitative estimate of drug-likeness (QED) is 0.932. The largest absolute Gasteiger partial charge is 0.497 e. The highest BCUT2D eigenvalue weighted by molar-refractivity contribution is 5.94. The highest BCUT2D eigenvalue weighted by Gasteiger charge is 2.29. The van der Waals surface area contributed by atoms with Crippen LogP contribution >= 0.6 is 0 Å². The van der Waals surface area contributed by atoms with Crippen LogP contribution in [0.15, 0.2) is 23.0 Å². The summed E-state index contributed by atoms with van der Waals surface area (Å²) < 4.78 is 7.16. The topological polar surface area (TPSA) is 68.5 Å². The van der Waals surface area contributed by atoms with Gasteiger partial charge in [0.15, 0.2) is 0 Å². The molecule has 1 heterocycles. The van der Waals surface area contributed by atoms with Gasteiger partial charge in [-0.2, -0.15) is 0 Å². The molecule has 5 heteroatoms. The first-order chi connectivity index (χ1) is 9.54. The Kier molecular flexibility index (Phi) is 2.78. The first kappa shape index (κ1) is 12.7. The van der Waals surface area contributed by atoms with Gasteiger partial charge in [-0.05, 0) is 31.9 Å². The van der Waals surface area contributed by atoms with Gasteiger partial charge in [0.05, 0.1) is 12.6 Å². The Balaban J connectivity index is 2.46. The highest BCUT2D eigenvalue weighted by atomic mass is 16.5. The smallest absolute Gasteiger partial charge is 0.341 e. The maximum atomic E-state index is 12.4. The maximum Gasteiger partial charge on any atom is 0.341 e. The monoisotopic (exact) mass is 273 g/mol. The second kappa shape index (κ2) is 4.37. The fourth-order valence-corrected chi connectivity index (χ4v) is 2.69. The zero-order valence-electron chi connectivity index (χ0n) is 11.3. The molecule has 1 aromatic carbocycles. The van der Waals surface area contributed by atoms with Crippen molar-refractivity contribution in [1.29, 1.82) is 0 Å². The predicted octanol–water partition coefficient (Wildman–Crippen LogP) is 2.35. The van der Waals surface area contributed by atoms with E-state index in [-0.39, 0.29) is 11.6 Å². The lowest BCUT2D eigenvalue weighted by atomic mass is 10.1. The molecule has 0 amide bonds. The van der Waals surface area contributed by atoms with E-state index < -0.39 is 11.4 Å². The molecule has 1 aliphatic carbocycles. The zero-order chi connectivity index (χ0) is 14.4. The van der Waals surface area contributed by atoms with Crippen molar-refractivity contribution in [2.75, 3.05) is 7.11 Å². The SMILES string of the molecule is COc1ccc2c(=O)c(C(=O)O)c(C)n(C3CC3)c2c1. The standard InChI is InChI=1S/C15H15NO4/c1-8-13(15(18)19)14(17)11-6-5-10(20-2)7-12(11)16(8)9-3-4-9/h5-7,9H,3-4H2,1-2H3,(H,18,19). The number of methoxy groups -OCH3 is 1. The summed E-state index contributed by atoms with van der Waals surface area (Å²) in [6, 6.07) is 5.40. The minimum atomic E-state index is -1.17. The lowest BCUT2D eigenvalue weighted by Crippen LogP contribution is -2.22. The Bertz CT molecular complexity index is 772. The normalized spacial score (nSPS) is 14.5. The molecule has 1 fully saturated rings.